The number of carbonyl (C=O) groups is 1. The summed E-state index contributed by atoms with van der Waals surface area (Å²) < 4.78 is 4.88. The van der Waals surface area contributed by atoms with Gasteiger partial charge in [0, 0.05) is 11.4 Å². The van der Waals surface area contributed by atoms with Crippen molar-refractivity contribution < 1.29 is 9.21 Å². The van der Waals surface area contributed by atoms with Gasteiger partial charge in [-0.3, -0.25) is 4.79 Å². The van der Waals surface area contributed by atoms with Gasteiger partial charge in [-0.25, -0.2) is 0 Å². The van der Waals surface area contributed by atoms with Crippen LogP contribution in [0.2, 0.25) is 0 Å². The van der Waals surface area contributed by atoms with Gasteiger partial charge < -0.3 is 9.73 Å². The zero-order chi connectivity index (χ0) is 11.4. The number of alkyl halides is 1. The van der Waals surface area contributed by atoms with Crippen molar-refractivity contribution in [2.75, 3.05) is 6.54 Å². The zero-order valence-corrected chi connectivity index (χ0v) is 10.7. The van der Waals surface area contributed by atoms with Crippen molar-refractivity contribution in [3.8, 4) is 0 Å². The number of furan rings is 1. The van der Waals surface area contributed by atoms with Crippen molar-refractivity contribution >= 4 is 21.8 Å². The van der Waals surface area contributed by atoms with Crippen molar-refractivity contribution in [2.45, 2.75) is 30.5 Å². The van der Waals surface area contributed by atoms with Gasteiger partial charge in [0.15, 0.2) is 0 Å². The average Bonchev–Trinajstić information content (AvgIpc) is 2.81. The molecule has 88 valence electrons. The second-order valence-electron chi connectivity index (χ2n) is 4.28. The Hall–Kier alpha value is -0.770. The van der Waals surface area contributed by atoms with Gasteiger partial charge in [0.2, 0.25) is 0 Å². The van der Waals surface area contributed by atoms with Crippen LogP contribution in [0.15, 0.2) is 23.0 Å². The molecule has 16 heavy (non-hydrogen) atoms. The molecule has 1 amide bonds. The minimum atomic E-state index is -0.0426. The molecule has 2 unspecified atom stereocenters. The topological polar surface area (TPSA) is 42.2 Å². The number of hydrogen-bond donors (Lipinski definition) is 1. The Morgan fingerprint density at radius 1 is 1.50 bits per heavy atom. The summed E-state index contributed by atoms with van der Waals surface area (Å²) in [6, 6.07) is 1.68. The zero-order valence-electron chi connectivity index (χ0n) is 9.12. The molecule has 4 heteroatoms. The Morgan fingerprint density at radius 3 is 3.00 bits per heavy atom. The molecule has 2 rings (SSSR count). The number of carbonyl (C=O) groups excluding carboxylic acids is 1. The van der Waals surface area contributed by atoms with Crippen LogP contribution in [0, 0.1) is 5.92 Å². The highest BCUT2D eigenvalue weighted by molar-refractivity contribution is 9.09. The number of rotatable bonds is 3. The minimum absolute atomic E-state index is 0.0426. The molecule has 0 radical (unpaired) electrons. The largest absolute Gasteiger partial charge is 0.472 e. The predicted molar refractivity (Wildman–Crippen MR) is 65.7 cm³/mol. The molecular formula is C12H16BrNO2. The van der Waals surface area contributed by atoms with Crippen LogP contribution >= 0.6 is 15.9 Å². The lowest BCUT2D eigenvalue weighted by Crippen LogP contribution is -2.34. The Morgan fingerprint density at radius 2 is 2.31 bits per heavy atom. The first-order valence-corrected chi connectivity index (χ1v) is 6.63. The van der Waals surface area contributed by atoms with Crippen molar-refractivity contribution in [2.24, 2.45) is 5.92 Å². The fraction of sp³-hybridized carbons (Fsp3) is 0.583. The first kappa shape index (κ1) is 11.7. The third kappa shape index (κ3) is 2.88. The Kier molecular flexibility index (Phi) is 4.04. The van der Waals surface area contributed by atoms with Gasteiger partial charge in [0.25, 0.3) is 5.91 Å². The highest BCUT2D eigenvalue weighted by Gasteiger charge is 2.23. The van der Waals surface area contributed by atoms with Gasteiger partial charge >= 0.3 is 0 Å². The number of amides is 1. The molecule has 1 saturated carbocycles. The van der Waals surface area contributed by atoms with Crippen molar-refractivity contribution in [1.82, 2.24) is 5.32 Å². The fourth-order valence-corrected chi connectivity index (χ4v) is 2.89. The van der Waals surface area contributed by atoms with Crippen LogP contribution < -0.4 is 5.32 Å². The molecule has 1 heterocycles. The van der Waals surface area contributed by atoms with E-state index in [0.29, 0.717) is 16.3 Å². The summed E-state index contributed by atoms with van der Waals surface area (Å²) in [6.45, 7) is 0.750. The van der Waals surface area contributed by atoms with Crippen molar-refractivity contribution in [1.29, 1.82) is 0 Å². The van der Waals surface area contributed by atoms with Crippen molar-refractivity contribution in [3.63, 3.8) is 0 Å². The summed E-state index contributed by atoms with van der Waals surface area (Å²) in [5.74, 6) is 0.517. The lowest BCUT2D eigenvalue weighted by Gasteiger charge is -2.27. The summed E-state index contributed by atoms with van der Waals surface area (Å²) in [4.78, 5) is 12.2. The normalized spacial score (nSPS) is 25.3. The SMILES string of the molecule is O=C(NCC1CCCCC1Br)c1ccoc1. The van der Waals surface area contributed by atoms with Crippen LogP contribution in [-0.4, -0.2) is 17.3 Å². The standard InChI is InChI=1S/C12H16BrNO2/c13-11-4-2-1-3-9(11)7-14-12(15)10-5-6-16-8-10/h5-6,8-9,11H,1-4,7H2,(H,14,15). The Labute approximate surface area is 104 Å². The van der Waals surface area contributed by atoms with E-state index in [-0.39, 0.29) is 5.91 Å². The molecular weight excluding hydrogens is 270 g/mol. The van der Waals surface area contributed by atoms with Crippen LogP contribution in [0.5, 0.6) is 0 Å². The summed E-state index contributed by atoms with van der Waals surface area (Å²) in [5, 5.41) is 2.96. The minimum Gasteiger partial charge on any atom is -0.472 e. The van der Waals surface area contributed by atoms with Crippen LogP contribution in [0.3, 0.4) is 0 Å². The third-order valence-electron chi connectivity index (χ3n) is 3.12. The summed E-state index contributed by atoms with van der Waals surface area (Å²) in [5.41, 5.74) is 0.599. The molecule has 1 aromatic heterocycles. The van der Waals surface area contributed by atoms with Crippen LogP contribution in [0.1, 0.15) is 36.0 Å². The third-order valence-corrected chi connectivity index (χ3v) is 4.33. The second kappa shape index (κ2) is 5.53. The van der Waals surface area contributed by atoms with E-state index in [0.717, 1.165) is 6.54 Å². The molecule has 3 nitrogen and oxygen atoms in total. The first-order chi connectivity index (χ1) is 7.77. The first-order valence-electron chi connectivity index (χ1n) is 5.72. The molecule has 0 spiro atoms. The molecule has 1 N–H and O–H groups in total. The van der Waals surface area contributed by atoms with E-state index in [1.165, 1.54) is 38.2 Å². The van der Waals surface area contributed by atoms with Crippen LogP contribution in [0.25, 0.3) is 0 Å². The molecule has 0 saturated heterocycles. The summed E-state index contributed by atoms with van der Waals surface area (Å²) in [6.07, 6.45) is 7.97. The number of hydrogen-bond acceptors (Lipinski definition) is 2. The maximum absolute atomic E-state index is 11.7. The molecule has 0 aromatic carbocycles. The molecule has 1 aliphatic carbocycles. The van der Waals surface area contributed by atoms with E-state index >= 15 is 0 Å². The lowest BCUT2D eigenvalue weighted by molar-refractivity contribution is 0.0944. The lowest BCUT2D eigenvalue weighted by atomic mass is 9.89. The molecule has 0 aliphatic heterocycles. The maximum atomic E-state index is 11.7. The second-order valence-corrected chi connectivity index (χ2v) is 5.46. The maximum Gasteiger partial charge on any atom is 0.254 e. The smallest absolute Gasteiger partial charge is 0.254 e. The van der Waals surface area contributed by atoms with Gasteiger partial charge in [-0.15, -0.1) is 0 Å². The van der Waals surface area contributed by atoms with Gasteiger partial charge in [-0.05, 0) is 24.8 Å². The molecule has 2 atom stereocenters. The Bertz CT molecular complexity index is 337. The van der Waals surface area contributed by atoms with E-state index < -0.39 is 0 Å². The summed E-state index contributed by atoms with van der Waals surface area (Å²) >= 11 is 3.68. The molecule has 1 aliphatic rings. The van der Waals surface area contributed by atoms with E-state index in [2.05, 4.69) is 21.2 Å². The number of nitrogens with one attached hydrogen (secondary N) is 1. The Balaban J connectivity index is 1.80. The quantitative estimate of drug-likeness (QED) is 0.868. The van der Waals surface area contributed by atoms with Crippen LogP contribution in [-0.2, 0) is 0 Å². The molecule has 1 aromatic rings. The van der Waals surface area contributed by atoms with Gasteiger partial charge in [0.1, 0.15) is 6.26 Å². The fourth-order valence-electron chi connectivity index (χ4n) is 2.11. The van der Waals surface area contributed by atoms with Crippen LogP contribution in [0.4, 0.5) is 0 Å². The van der Waals surface area contributed by atoms with E-state index in [1.54, 1.807) is 6.07 Å². The highest BCUT2D eigenvalue weighted by Crippen LogP contribution is 2.29. The van der Waals surface area contributed by atoms with Gasteiger partial charge in [-0.1, -0.05) is 28.8 Å². The predicted octanol–water partition coefficient (Wildman–Crippen LogP) is 2.96. The monoisotopic (exact) mass is 285 g/mol. The van der Waals surface area contributed by atoms with Crippen molar-refractivity contribution in [3.05, 3.63) is 24.2 Å². The van der Waals surface area contributed by atoms with E-state index in [9.17, 15) is 4.79 Å². The summed E-state index contributed by atoms with van der Waals surface area (Å²) in [7, 11) is 0. The van der Waals surface area contributed by atoms with E-state index in [1.807, 2.05) is 0 Å². The van der Waals surface area contributed by atoms with Gasteiger partial charge in [-0.2, -0.15) is 0 Å². The van der Waals surface area contributed by atoms with Gasteiger partial charge in [0.05, 0.1) is 11.8 Å². The number of halogens is 1. The highest BCUT2D eigenvalue weighted by atomic mass is 79.9. The molecule has 0 bridgehead atoms. The molecule has 1 fully saturated rings. The average molecular weight is 286 g/mol. The van der Waals surface area contributed by atoms with E-state index in [4.69, 9.17) is 4.42 Å².